The second-order valence-electron chi connectivity index (χ2n) is 2.74. The number of hydrogen-bond donors (Lipinski definition) is 3. The van der Waals surface area contributed by atoms with E-state index in [4.69, 9.17) is 11.1 Å². The van der Waals surface area contributed by atoms with Gasteiger partial charge in [-0.15, -0.1) is 0 Å². The molecule has 5 heteroatoms. The molecule has 0 radical (unpaired) electrons. The first-order chi connectivity index (χ1) is 5.49. The average molecular weight is 172 g/mol. The molecule has 0 heterocycles. The van der Waals surface area contributed by atoms with Gasteiger partial charge in [-0.1, -0.05) is 0 Å². The lowest BCUT2D eigenvalue weighted by Crippen LogP contribution is -2.42. The third-order valence-corrected chi connectivity index (χ3v) is 1.71. The van der Waals surface area contributed by atoms with Gasteiger partial charge in [0.2, 0.25) is 0 Å². The summed E-state index contributed by atoms with van der Waals surface area (Å²) in [6, 6.07) is -0.203. The smallest absolute Gasteiger partial charge is 0.317 e. The molecule has 0 bridgehead atoms. The molecule has 0 spiro atoms. The fraction of sp³-hybridized carbons (Fsp3) is 0.714. The van der Waals surface area contributed by atoms with E-state index in [1.165, 1.54) is 4.90 Å². The van der Waals surface area contributed by atoms with E-state index in [-0.39, 0.29) is 17.9 Å². The minimum atomic E-state index is -0.163. The molecular formula is C7H16N4O. The van der Waals surface area contributed by atoms with Crippen molar-refractivity contribution in [2.24, 2.45) is 5.73 Å². The van der Waals surface area contributed by atoms with Crippen molar-refractivity contribution in [3.05, 3.63) is 0 Å². The number of amidine groups is 1. The van der Waals surface area contributed by atoms with Gasteiger partial charge in [-0.25, -0.2) is 4.79 Å². The molecule has 0 aromatic carbocycles. The quantitative estimate of drug-likeness (QED) is 0.413. The van der Waals surface area contributed by atoms with Gasteiger partial charge >= 0.3 is 6.03 Å². The summed E-state index contributed by atoms with van der Waals surface area (Å²) in [5.74, 6) is 0.0956. The number of hydrogen-bond acceptors (Lipinski definition) is 2. The van der Waals surface area contributed by atoms with Gasteiger partial charge in [-0.3, -0.25) is 5.41 Å². The van der Waals surface area contributed by atoms with E-state index in [1.54, 1.807) is 14.1 Å². The highest BCUT2D eigenvalue weighted by Crippen LogP contribution is 1.99. The van der Waals surface area contributed by atoms with E-state index in [1.807, 2.05) is 6.92 Å². The number of amides is 2. The lowest BCUT2D eigenvalue weighted by molar-refractivity contribution is 0.197. The van der Waals surface area contributed by atoms with Crippen LogP contribution in [0.4, 0.5) is 4.79 Å². The van der Waals surface area contributed by atoms with Gasteiger partial charge in [0.15, 0.2) is 0 Å². The van der Waals surface area contributed by atoms with E-state index < -0.39 is 0 Å². The van der Waals surface area contributed by atoms with E-state index in [2.05, 4.69) is 5.32 Å². The number of nitrogens with one attached hydrogen (secondary N) is 2. The molecule has 4 N–H and O–H groups in total. The minimum Gasteiger partial charge on any atom is -0.388 e. The zero-order valence-electron chi connectivity index (χ0n) is 7.72. The Morgan fingerprint density at radius 2 is 2.25 bits per heavy atom. The lowest BCUT2D eigenvalue weighted by Gasteiger charge is -2.23. The van der Waals surface area contributed by atoms with Crippen molar-refractivity contribution in [1.29, 1.82) is 5.41 Å². The van der Waals surface area contributed by atoms with E-state index in [0.29, 0.717) is 6.42 Å². The summed E-state index contributed by atoms with van der Waals surface area (Å²) in [5, 5.41) is 9.53. The molecule has 2 amide bonds. The maximum atomic E-state index is 11.0. The Labute approximate surface area is 72.4 Å². The van der Waals surface area contributed by atoms with Crippen molar-refractivity contribution in [2.75, 3.05) is 14.1 Å². The highest BCUT2D eigenvalue weighted by Gasteiger charge is 2.14. The number of rotatable bonds is 3. The molecule has 0 rings (SSSR count). The topological polar surface area (TPSA) is 82.2 Å². The molecule has 0 aromatic rings. The van der Waals surface area contributed by atoms with Crippen LogP contribution in [0.15, 0.2) is 0 Å². The van der Waals surface area contributed by atoms with Crippen molar-refractivity contribution >= 4 is 11.9 Å². The van der Waals surface area contributed by atoms with Gasteiger partial charge in [0.05, 0.1) is 5.84 Å². The minimum absolute atomic E-state index is 0.0394. The van der Waals surface area contributed by atoms with Crippen molar-refractivity contribution in [1.82, 2.24) is 10.2 Å². The molecule has 1 atom stereocenters. The Bertz CT molecular complexity index is 180. The first kappa shape index (κ1) is 10.7. The zero-order chi connectivity index (χ0) is 9.72. The van der Waals surface area contributed by atoms with Crippen molar-refractivity contribution < 1.29 is 4.79 Å². The molecular weight excluding hydrogens is 156 g/mol. The summed E-state index contributed by atoms with van der Waals surface area (Å²) in [6.45, 7) is 1.84. The van der Waals surface area contributed by atoms with Gasteiger partial charge in [0, 0.05) is 26.6 Å². The Balaban J connectivity index is 4.00. The summed E-state index contributed by atoms with van der Waals surface area (Å²) < 4.78 is 0. The third kappa shape index (κ3) is 3.23. The lowest BCUT2D eigenvalue weighted by atomic mass is 10.2. The Morgan fingerprint density at radius 3 is 2.58 bits per heavy atom. The molecule has 12 heavy (non-hydrogen) atoms. The number of carbonyl (C=O) groups excluding carboxylic acids is 1. The molecule has 0 saturated heterocycles. The van der Waals surface area contributed by atoms with Crippen LogP contribution >= 0.6 is 0 Å². The fourth-order valence-corrected chi connectivity index (χ4v) is 0.832. The van der Waals surface area contributed by atoms with Crippen molar-refractivity contribution in [2.45, 2.75) is 19.4 Å². The van der Waals surface area contributed by atoms with Crippen LogP contribution in [0.2, 0.25) is 0 Å². The highest BCUT2D eigenvalue weighted by molar-refractivity contribution is 5.79. The van der Waals surface area contributed by atoms with Crippen LogP contribution in [0.25, 0.3) is 0 Å². The molecule has 0 aromatic heterocycles. The molecule has 1 unspecified atom stereocenters. The van der Waals surface area contributed by atoms with E-state index in [0.717, 1.165) is 0 Å². The first-order valence-corrected chi connectivity index (χ1v) is 3.76. The van der Waals surface area contributed by atoms with Crippen LogP contribution in [-0.4, -0.2) is 36.9 Å². The monoisotopic (exact) mass is 172 g/mol. The molecule has 70 valence electrons. The molecule has 0 aliphatic rings. The summed E-state index contributed by atoms with van der Waals surface area (Å²) in [6.07, 6.45) is 0.407. The number of nitrogens with zero attached hydrogens (tertiary/aromatic N) is 1. The standard InChI is InChI=1S/C7H16N4O/c1-5(4-6(8)9)11(3)7(12)10-2/h5H,4H2,1-3H3,(H3,8,9)(H,10,12). The fourth-order valence-electron chi connectivity index (χ4n) is 0.832. The van der Waals surface area contributed by atoms with Crippen molar-refractivity contribution in [3.8, 4) is 0 Å². The number of urea groups is 1. The van der Waals surface area contributed by atoms with Crippen LogP contribution in [0.3, 0.4) is 0 Å². The predicted octanol–water partition coefficient (Wildman–Crippen LogP) is -0.0278. The zero-order valence-corrected chi connectivity index (χ0v) is 7.72. The van der Waals surface area contributed by atoms with Crippen LogP contribution < -0.4 is 11.1 Å². The second-order valence-corrected chi connectivity index (χ2v) is 2.74. The maximum Gasteiger partial charge on any atom is 0.317 e. The van der Waals surface area contributed by atoms with Crippen LogP contribution in [0.1, 0.15) is 13.3 Å². The molecule has 0 fully saturated rings. The second kappa shape index (κ2) is 4.58. The molecule has 0 saturated carbocycles. The van der Waals surface area contributed by atoms with Crippen LogP contribution in [0.5, 0.6) is 0 Å². The van der Waals surface area contributed by atoms with Crippen LogP contribution in [-0.2, 0) is 0 Å². The first-order valence-electron chi connectivity index (χ1n) is 3.76. The molecule has 0 aliphatic carbocycles. The highest BCUT2D eigenvalue weighted by atomic mass is 16.2. The Kier molecular flexibility index (Phi) is 4.10. The van der Waals surface area contributed by atoms with E-state index >= 15 is 0 Å². The Hall–Kier alpha value is -1.26. The SMILES string of the molecule is CNC(=O)N(C)C(C)CC(=N)N. The maximum absolute atomic E-state index is 11.0. The number of carbonyl (C=O) groups is 1. The largest absolute Gasteiger partial charge is 0.388 e. The van der Waals surface area contributed by atoms with Gasteiger partial charge in [0.1, 0.15) is 0 Å². The van der Waals surface area contributed by atoms with Gasteiger partial charge in [0.25, 0.3) is 0 Å². The van der Waals surface area contributed by atoms with Gasteiger partial charge < -0.3 is 16.0 Å². The van der Waals surface area contributed by atoms with E-state index in [9.17, 15) is 4.79 Å². The summed E-state index contributed by atoms with van der Waals surface area (Å²) in [7, 11) is 3.24. The van der Waals surface area contributed by atoms with Gasteiger partial charge in [-0.2, -0.15) is 0 Å². The van der Waals surface area contributed by atoms with Gasteiger partial charge in [-0.05, 0) is 6.92 Å². The summed E-state index contributed by atoms with van der Waals surface area (Å²) >= 11 is 0. The molecule has 5 nitrogen and oxygen atoms in total. The average Bonchev–Trinajstić information content (AvgIpc) is 2.00. The number of nitrogens with two attached hydrogens (primary N) is 1. The Morgan fingerprint density at radius 1 is 1.75 bits per heavy atom. The summed E-state index contributed by atoms with van der Waals surface area (Å²) in [4.78, 5) is 12.6. The third-order valence-electron chi connectivity index (χ3n) is 1.71. The predicted molar refractivity (Wildman–Crippen MR) is 48.2 cm³/mol. The summed E-state index contributed by atoms with van der Waals surface area (Å²) in [5.41, 5.74) is 5.20. The van der Waals surface area contributed by atoms with Crippen LogP contribution in [0, 0.1) is 5.41 Å². The molecule has 0 aliphatic heterocycles. The normalized spacial score (nSPS) is 11.9. The van der Waals surface area contributed by atoms with Crippen molar-refractivity contribution in [3.63, 3.8) is 0 Å².